The van der Waals surface area contributed by atoms with Gasteiger partial charge in [0.2, 0.25) is 0 Å². The lowest BCUT2D eigenvalue weighted by Crippen LogP contribution is -2.42. The highest BCUT2D eigenvalue weighted by molar-refractivity contribution is 6.61. The van der Waals surface area contributed by atoms with Crippen molar-refractivity contribution in [3.05, 3.63) is 12.4 Å². The van der Waals surface area contributed by atoms with E-state index in [0.29, 0.717) is 18.7 Å². The van der Waals surface area contributed by atoms with Crippen molar-refractivity contribution in [1.29, 1.82) is 0 Å². The predicted molar refractivity (Wildman–Crippen MR) is 111 cm³/mol. The molecule has 0 radical (unpaired) electrons. The van der Waals surface area contributed by atoms with Gasteiger partial charge >= 0.3 is 13.1 Å². The Bertz CT molecular complexity index is 608. The molecule has 1 aromatic heterocycles. The van der Waals surface area contributed by atoms with E-state index < -0.39 is 7.12 Å². The van der Waals surface area contributed by atoms with Crippen LogP contribution >= 0.6 is 0 Å². The van der Waals surface area contributed by atoms with Crippen molar-refractivity contribution < 1.29 is 14.0 Å². The standard InChI is InChI=1S/C20H35BN4O3/c1-19(2)20(3,4)28-21(27-19)16-14-23-18(24-15-16)26-13-7-9-17-8-5-6-11-25(17)12-10-22/h14-15,17H,5-13,22H2,1-4H3/t17-/m1/s1. The Morgan fingerprint density at radius 3 is 2.50 bits per heavy atom. The molecule has 0 bridgehead atoms. The van der Waals surface area contributed by atoms with Gasteiger partial charge in [-0.2, -0.15) is 0 Å². The largest absolute Gasteiger partial charge is 0.498 e. The molecular weight excluding hydrogens is 355 g/mol. The highest BCUT2D eigenvalue weighted by Crippen LogP contribution is 2.36. The average molecular weight is 390 g/mol. The fourth-order valence-electron chi connectivity index (χ4n) is 3.83. The third kappa shape index (κ3) is 5.03. The Kier molecular flexibility index (Phi) is 6.96. The molecule has 1 atom stereocenters. The van der Waals surface area contributed by atoms with Crippen molar-refractivity contribution in [3.63, 3.8) is 0 Å². The van der Waals surface area contributed by atoms with Crippen molar-refractivity contribution in [2.45, 2.75) is 77.0 Å². The number of nitrogens with zero attached hydrogens (tertiary/aromatic N) is 3. The monoisotopic (exact) mass is 390 g/mol. The molecule has 0 amide bonds. The quantitative estimate of drug-likeness (QED) is 0.535. The van der Waals surface area contributed by atoms with Gasteiger partial charge in [-0.1, -0.05) is 6.42 Å². The summed E-state index contributed by atoms with van der Waals surface area (Å²) in [5.41, 5.74) is 5.81. The van der Waals surface area contributed by atoms with Gasteiger partial charge in [0.05, 0.1) is 17.8 Å². The van der Waals surface area contributed by atoms with E-state index in [1.807, 2.05) is 27.7 Å². The van der Waals surface area contributed by atoms with Crippen LogP contribution in [0.15, 0.2) is 12.4 Å². The summed E-state index contributed by atoms with van der Waals surface area (Å²) >= 11 is 0. The lowest BCUT2D eigenvalue weighted by molar-refractivity contribution is 0.00578. The molecule has 156 valence electrons. The van der Waals surface area contributed by atoms with Gasteiger partial charge in [-0.25, -0.2) is 9.97 Å². The fraction of sp³-hybridized carbons (Fsp3) is 0.800. The molecule has 0 unspecified atom stereocenters. The van der Waals surface area contributed by atoms with Crippen molar-refractivity contribution in [1.82, 2.24) is 14.9 Å². The first-order chi connectivity index (χ1) is 13.3. The van der Waals surface area contributed by atoms with Gasteiger partial charge in [0.1, 0.15) is 0 Å². The molecule has 2 aliphatic heterocycles. The Morgan fingerprint density at radius 2 is 1.86 bits per heavy atom. The lowest BCUT2D eigenvalue weighted by Gasteiger charge is -2.35. The topological polar surface area (TPSA) is 82.7 Å². The van der Waals surface area contributed by atoms with Crippen molar-refractivity contribution >= 4 is 12.6 Å². The third-order valence-corrected chi connectivity index (χ3v) is 6.25. The predicted octanol–water partition coefficient (Wildman–Crippen LogP) is 1.75. The van der Waals surface area contributed by atoms with Crippen LogP contribution in [0.1, 0.15) is 59.8 Å². The Hall–Kier alpha value is -1.22. The molecule has 1 aromatic rings. The number of hydrogen-bond acceptors (Lipinski definition) is 7. The zero-order chi connectivity index (χ0) is 20.2. The molecule has 0 aromatic carbocycles. The zero-order valence-corrected chi connectivity index (χ0v) is 17.8. The van der Waals surface area contributed by atoms with Crippen LogP contribution in [0.2, 0.25) is 0 Å². The number of piperidine rings is 1. The molecule has 3 rings (SSSR count). The van der Waals surface area contributed by atoms with Gasteiger partial charge in [0.25, 0.3) is 0 Å². The number of likely N-dealkylation sites (tertiary alicyclic amines) is 1. The minimum absolute atomic E-state index is 0.371. The molecule has 0 saturated carbocycles. The summed E-state index contributed by atoms with van der Waals surface area (Å²) in [6, 6.07) is 1.04. The summed E-state index contributed by atoms with van der Waals surface area (Å²) in [7, 11) is -0.445. The first kappa shape index (κ1) is 21.5. The zero-order valence-electron chi connectivity index (χ0n) is 17.8. The molecule has 8 heteroatoms. The molecule has 2 N–H and O–H groups in total. The smallest absolute Gasteiger partial charge is 0.463 e. The van der Waals surface area contributed by atoms with Gasteiger partial charge in [0, 0.05) is 37.0 Å². The van der Waals surface area contributed by atoms with Crippen LogP contribution in [0, 0.1) is 0 Å². The maximum Gasteiger partial charge on any atom is 0.498 e. The minimum Gasteiger partial charge on any atom is -0.463 e. The van der Waals surface area contributed by atoms with E-state index in [2.05, 4.69) is 14.9 Å². The maximum absolute atomic E-state index is 6.03. The van der Waals surface area contributed by atoms with Crippen molar-refractivity contribution in [2.24, 2.45) is 5.73 Å². The molecule has 2 aliphatic rings. The molecule has 28 heavy (non-hydrogen) atoms. The van der Waals surface area contributed by atoms with Gasteiger partial charge in [0.15, 0.2) is 0 Å². The fourth-order valence-corrected chi connectivity index (χ4v) is 3.83. The van der Waals surface area contributed by atoms with E-state index in [1.54, 1.807) is 12.4 Å². The summed E-state index contributed by atoms with van der Waals surface area (Å²) in [5.74, 6) is 0. The Balaban J connectivity index is 1.44. The van der Waals surface area contributed by atoms with Gasteiger partial charge in [-0.05, 0) is 59.9 Å². The van der Waals surface area contributed by atoms with E-state index in [-0.39, 0.29) is 11.2 Å². The molecule has 0 aliphatic carbocycles. The van der Waals surface area contributed by atoms with Crippen LogP contribution < -0.4 is 15.9 Å². The van der Waals surface area contributed by atoms with Gasteiger partial charge in [-0.3, -0.25) is 4.90 Å². The van der Waals surface area contributed by atoms with Gasteiger partial charge < -0.3 is 19.8 Å². The maximum atomic E-state index is 6.03. The number of aromatic nitrogens is 2. The molecule has 3 heterocycles. The average Bonchev–Trinajstić information content (AvgIpc) is 2.88. The molecule has 2 saturated heterocycles. The first-order valence-electron chi connectivity index (χ1n) is 10.6. The molecular formula is C20H35BN4O3. The summed E-state index contributed by atoms with van der Waals surface area (Å²) in [4.78, 5) is 11.2. The van der Waals surface area contributed by atoms with E-state index in [9.17, 15) is 0 Å². The van der Waals surface area contributed by atoms with Crippen molar-refractivity contribution in [3.8, 4) is 6.01 Å². The lowest BCUT2D eigenvalue weighted by atomic mass is 9.81. The number of rotatable bonds is 8. The van der Waals surface area contributed by atoms with Crippen molar-refractivity contribution in [2.75, 3.05) is 26.2 Å². The first-order valence-corrected chi connectivity index (χ1v) is 10.6. The minimum atomic E-state index is -0.445. The number of nitrogens with two attached hydrogens (primary N) is 1. The van der Waals surface area contributed by atoms with E-state index in [4.69, 9.17) is 19.8 Å². The molecule has 0 spiro atoms. The van der Waals surface area contributed by atoms with Crippen LogP contribution in [0.5, 0.6) is 6.01 Å². The summed E-state index contributed by atoms with van der Waals surface area (Å²) in [6.07, 6.45) is 9.45. The summed E-state index contributed by atoms with van der Waals surface area (Å²) in [5, 5.41) is 0. The second kappa shape index (κ2) is 9.07. The Labute approximate surface area is 169 Å². The number of hydrogen-bond donors (Lipinski definition) is 1. The van der Waals surface area contributed by atoms with Crippen LogP contribution in [0.3, 0.4) is 0 Å². The second-order valence-corrected chi connectivity index (χ2v) is 8.85. The van der Waals surface area contributed by atoms with Crippen LogP contribution in [-0.2, 0) is 9.31 Å². The summed E-state index contributed by atoms with van der Waals surface area (Å²) < 4.78 is 17.8. The second-order valence-electron chi connectivity index (χ2n) is 8.85. The number of ether oxygens (including phenoxy) is 1. The van der Waals surface area contributed by atoms with E-state index >= 15 is 0 Å². The summed E-state index contributed by atoms with van der Waals surface area (Å²) in [6.45, 7) is 11.7. The van der Waals surface area contributed by atoms with Crippen LogP contribution in [0.4, 0.5) is 0 Å². The molecule has 7 nitrogen and oxygen atoms in total. The highest BCUT2D eigenvalue weighted by atomic mass is 16.7. The van der Waals surface area contributed by atoms with Crippen LogP contribution in [0.25, 0.3) is 0 Å². The Morgan fingerprint density at radius 1 is 1.18 bits per heavy atom. The van der Waals surface area contributed by atoms with Crippen LogP contribution in [-0.4, -0.2) is 65.5 Å². The SMILES string of the molecule is CC1(C)OB(c2cnc(OCCC[C@H]3CCCCN3CCN)nc2)OC1(C)C. The highest BCUT2D eigenvalue weighted by Gasteiger charge is 2.51. The van der Waals surface area contributed by atoms with Gasteiger partial charge in [-0.15, -0.1) is 0 Å². The normalized spacial score (nSPS) is 24.5. The van der Waals surface area contributed by atoms with E-state index in [0.717, 1.165) is 31.4 Å². The molecule has 2 fully saturated rings. The third-order valence-electron chi connectivity index (χ3n) is 6.25. The van der Waals surface area contributed by atoms with E-state index in [1.165, 1.54) is 25.8 Å².